The first kappa shape index (κ1) is 16.7. The van der Waals surface area contributed by atoms with Crippen LogP contribution in [0.15, 0.2) is 0 Å². The summed E-state index contributed by atoms with van der Waals surface area (Å²) in [6, 6.07) is -1.79. The van der Waals surface area contributed by atoms with Crippen molar-refractivity contribution in [1.82, 2.24) is 0 Å². The van der Waals surface area contributed by atoms with E-state index < -0.39 is 30.0 Å². The van der Waals surface area contributed by atoms with Crippen LogP contribution in [0.3, 0.4) is 0 Å². The predicted octanol–water partition coefficient (Wildman–Crippen LogP) is -1.32. The normalized spacial score (nSPS) is 12.9. The average molecular weight is 236 g/mol. The van der Waals surface area contributed by atoms with Crippen molar-refractivity contribution in [3.8, 4) is 0 Å². The molecule has 0 fully saturated rings. The van der Waals surface area contributed by atoms with E-state index in [0.717, 1.165) is 0 Å². The van der Waals surface area contributed by atoms with Gasteiger partial charge < -0.3 is 26.8 Å². The van der Waals surface area contributed by atoms with Gasteiger partial charge in [-0.2, -0.15) is 0 Å². The monoisotopic (exact) mass is 236 g/mol. The van der Waals surface area contributed by atoms with E-state index in [4.69, 9.17) is 26.8 Å². The molecule has 7 N–H and O–H groups in total. The summed E-state index contributed by atoms with van der Waals surface area (Å²) >= 11 is 0. The van der Waals surface area contributed by atoms with Crippen LogP contribution in [0.2, 0.25) is 0 Å². The van der Waals surface area contributed by atoms with Gasteiger partial charge in [-0.05, 0) is 13.3 Å². The second kappa shape index (κ2) is 8.62. The molecule has 0 aliphatic heterocycles. The van der Waals surface area contributed by atoms with Crippen LogP contribution in [0.4, 0.5) is 0 Å². The van der Waals surface area contributed by atoms with Crippen LogP contribution in [0.25, 0.3) is 0 Å². The molecule has 0 amide bonds. The van der Waals surface area contributed by atoms with E-state index in [9.17, 15) is 14.4 Å². The predicted molar refractivity (Wildman–Crippen MR) is 53.8 cm³/mol. The van der Waals surface area contributed by atoms with Gasteiger partial charge in [0, 0.05) is 6.42 Å². The van der Waals surface area contributed by atoms with Crippen LogP contribution in [-0.2, 0) is 14.4 Å². The number of nitrogens with two attached hydrogens (primary N) is 2. The van der Waals surface area contributed by atoms with Crippen LogP contribution in [0.5, 0.6) is 0 Å². The Balaban J connectivity index is 0. The Morgan fingerprint density at radius 2 is 1.44 bits per heavy atom. The maximum Gasteiger partial charge on any atom is 0.320 e. The number of hydrogen-bond donors (Lipinski definition) is 5. The summed E-state index contributed by atoms with van der Waals surface area (Å²) < 4.78 is 0. The van der Waals surface area contributed by atoms with Gasteiger partial charge >= 0.3 is 17.9 Å². The van der Waals surface area contributed by atoms with Gasteiger partial charge in [-0.15, -0.1) is 0 Å². The first-order valence-electron chi connectivity index (χ1n) is 4.37. The minimum atomic E-state index is -1.17. The van der Waals surface area contributed by atoms with E-state index in [1.54, 1.807) is 0 Å². The van der Waals surface area contributed by atoms with Gasteiger partial charge in [-0.25, -0.2) is 0 Å². The molecule has 0 saturated heterocycles. The van der Waals surface area contributed by atoms with Crippen molar-refractivity contribution in [2.24, 2.45) is 11.5 Å². The highest BCUT2D eigenvalue weighted by Gasteiger charge is 2.12. The van der Waals surface area contributed by atoms with Crippen molar-refractivity contribution in [1.29, 1.82) is 0 Å². The Kier molecular flexibility index (Phi) is 9.03. The molecule has 0 bridgehead atoms. The summed E-state index contributed by atoms with van der Waals surface area (Å²) in [6.07, 6.45) is -0.224. The fraction of sp³-hybridized carbons (Fsp3) is 0.625. The van der Waals surface area contributed by atoms with Crippen molar-refractivity contribution >= 4 is 17.9 Å². The van der Waals surface area contributed by atoms with Crippen LogP contribution in [0.1, 0.15) is 19.8 Å². The number of rotatable bonds is 5. The minimum Gasteiger partial charge on any atom is -0.481 e. The third-order valence-corrected chi connectivity index (χ3v) is 1.38. The molecule has 0 aliphatic carbocycles. The summed E-state index contributed by atoms with van der Waals surface area (Å²) in [5.74, 6) is -3.16. The minimum absolute atomic E-state index is 0.0231. The highest BCUT2D eigenvalue weighted by atomic mass is 16.4. The molecular formula is C8H16N2O6. The van der Waals surface area contributed by atoms with Crippen LogP contribution < -0.4 is 11.5 Å². The maximum atomic E-state index is 9.99. The number of carboxylic acids is 3. The fourth-order valence-electron chi connectivity index (χ4n) is 0.402. The molecule has 0 heterocycles. The van der Waals surface area contributed by atoms with Crippen molar-refractivity contribution in [2.75, 3.05) is 0 Å². The molecule has 0 saturated carbocycles. The van der Waals surface area contributed by atoms with Crippen molar-refractivity contribution < 1.29 is 29.7 Å². The largest absolute Gasteiger partial charge is 0.481 e. The summed E-state index contributed by atoms with van der Waals surface area (Å²) in [6.45, 7) is 1.42. The zero-order chi connectivity index (χ0) is 13.3. The Labute approximate surface area is 91.8 Å². The van der Waals surface area contributed by atoms with Gasteiger partial charge in [0.25, 0.3) is 0 Å². The van der Waals surface area contributed by atoms with Gasteiger partial charge in [0.2, 0.25) is 0 Å². The second-order valence-electron chi connectivity index (χ2n) is 3.00. The number of hydrogen-bond acceptors (Lipinski definition) is 5. The lowest BCUT2D eigenvalue weighted by Gasteiger charge is -2.01. The maximum absolute atomic E-state index is 9.99. The lowest BCUT2D eigenvalue weighted by atomic mass is 10.2. The van der Waals surface area contributed by atoms with Crippen molar-refractivity contribution in [2.45, 2.75) is 31.8 Å². The molecule has 8 nitrogen and oxygen atoms in total. The fourth-order valence-corrected chi connectivity index (χ4v) is 0.402. The van der Waals surface area contributed by atoms with E-state index in [-0.39, 0.29) is 12.8 Å². The molecule has 0 aromatic heterocycles. The molecule has 0 radical (unpaired) electrons. The van der Waals surface area contributed by atoms with E-state index in [2.05, 4.69) is 0 Å². The third-order valence-electron chi connectivity index (χ3n) is 1.38. The van der Waals surface area contributed by atoms with E-state index >= 15 is 0 Å². The van der Waals surface area contributed by atoms with E-state index in [0.29, 0.717) is 0 Å². The zero-order valence-corrected chi connectivity index (χ0v) is 8.79. The van der Waals surface area contributed by atoms with Crippen LogP contribution in [-0.4, -0.2) is 45.3 Å². The van der Waals surface area contributed by atoms with Gasteiger partial charge in [0.15, 0.2) is 0 Å². The lowest BCUT2D eigenvalue weighted by molar-refractivity contribution is -0.140. The smallest absolute Gasteiger partial charge is 0.320 e. The molecule has 0 aliphatic rings. The number of carbonyl (C=O) groups is 3. The summed E-state index contributed by atoms with van der Waals surface area (Å²) in [7, 11) is 0. The van der Waals surface area contributed by atoms with Gasteiger partial charge in [0.1, 0.15) is 12.1 Å². The van der Waals surface area contributed by atoms with Crippen LogP contribution in [0, 0.1) is 0 Å². The lowest BCUT2D eigenvalue weighted by Crippen LogP contribution is -2.30. The topological polar surface area (TPSA) is 164 Å². The molecule has 2 atom stereocenters. The first-order chi connectivity index (χ1) is 7.18. The number of carboxylic acid groups (broad SMARTS) is 3. The molecule has 0 rings (SSSR count). The Morgan fingerprint density at radius 1 is 1.06 bits per heavy atom. The quantitative estimate of drug-likeness (QED) is 0.392. The van der Waals surface area contributed by atoms with Crippen LogP contribution >= 0.6 is 0 Å². The molecule has 8 heteroatoms. The second-order valence-corrected chi connectivity index (χ2v) is 3.00. The third kappa shape index (κ3) is 12.3. The van der Waals surface area contributed by atoms with Gasteiger partial charge in [-0.3, -0.25) is 14.4 Å². The van der Waals surface area contributed by atoms with E-state index in [1.165, 1.54) is 6.92 Å². The Hall–Kier alpha value is -1.67. The highest BCUT2D eigenvalue weighted by Crippen LogP contribution is 1.93. The molecule has 16 heavy (non-hydrogen) atoms. The zero-order valence-electron chi connectivity index (χ0n) is 8.79. The summed E-state index contributed by atoms with van der Waals surface area (Å²) in [4.78, 5) is 29.4. The molecule has 0 spiro atoms. The SMILES string of the molecule is C[C@H](N)C(=O)O.NC(CCC(=O)O)C(=O)O. The molecule has 0 aromatic rings. The molecule has 94 valence electrons. The standard InChI is InChI=1S/C5H9NO4.C3H7NO2/c6-3(5(9)10)1-2-4(7)8;1-2(4)3(5)6/h3H,1-2,6H2,(H,7,8)(H,9,10);2H,4H2,1H3,(H,5,6)/t;2-/m.0/s1. The summed E-state index contributed by atoms with van der Waals surface area (Å²) in [5, 5.41) is 24.1. The molecular weight excluding hydrogens is 220 g/mol. The van der Waals surface area contributed by atoms with Crippen molar-refractivity contribution in [3.05, 3.63) is 0 Å². The van der Waals surface area contributed by atoms with Crippen molar-refractivity contribution in [3.63, 3.8) is 0 Å². The molecule has 1 unspecified atom stereocenters. The number of aliphatic carboxylic acids is 3. The molecule has 0 aromatic carbocycles. The Morgan fingerprint density at radius 3 is 1.62 bits per heavy atom. The van der Waals surface area contributed by atoms with Gasteiger partial charge in [-0.1, -0.05) is 0 Å². The first-order valence-corrected chi connectivity index (χ1v) is 4.37. The Bertz CT molecular complexity index is 253. The highest BCUT2D eigenvalue weighted by molar-refractivity contribution is 5.74. The summed E-state index contributed by atoms with van der Waals surface area (Å²) in [5.41, 5.74) is 9.84. The van der Waals surface area contributed by atoms with E-state index in [1.807, 2.05) is 0 Å². The van der Waals surface area contributed by atoms with Gasteiger partial charge in [0.05, 0.1) is 0 Å². The average Bonchev–Trinajstić information content (AvgIpc) is 2.14.